The summed E-state index contributed by atoms with van der Waals surface area (Å²) in [6.45, 7) is 4.17. The molecular weight excluding hydrogens is 264 g/mol. The third-order valence-electron chi connectivity index (χ3n) is 4.05. The zero-order valence-electron chi connectivity index (χ0n) is 12.6. The molecule has 1 amide bonds. The minimum atomic E-state index is -0.377. The van der Waals surface area contributed by atoms with Crippen molar-refractivity contribution >= 4 is 17.0 Å². The van der Waals surface area contributed by atoms with Gasteiger partial charge in [0.1, 0.15) is 0 Å². The number of aromatic amines is 1. The minimum Gasteiger partial charge on any atom is -0.453 e. The zero-order chi connectivity index (χ0) is 15.0. The monoisotopic (exact) mass is 284 g/mol. The molecule has 110 valence electrons. The fraction of sp³-hybridized carbons (Fsp3) is 0.353. The molecule has 0 saturated heterocycles. The molecule has 21 heavy (non-hydrogen) atoms. The summed E-state index contributed by atoms with van der Waals surface area (Å²) in [7, 11) is 1.40. The number of ether oxygens (including phenoxy) is 1. The van der Waals surface area contributed by atoms with Crippen LogP contribution < -0.4 is 5.32 Å². The molecule has 0 spiro atoms. The summed E-state index contributed by atoms with van der Waals surface area (Å²) in [6, 6.07) is 6.32. The van der Waals surface area contributed by atoms with E-state index in [1.807, 2.05) is 6.20 Å². The van der Waals surface area contributed by atoms with Crippen LogP contribution in [-0.4, -0.2) is 24.2 Å². The maximum Gasteiger partial charge on any atom is 0.407 e. The molecule has 1 aliphatic rings. The highest BCUT2D eigenvalue weighted by Crippen LogP contribution is 2.38. The molecule has 1 heterocycles. The van der Waals surface area contributed by atoms with Crippen LogP contribution in [0.3, 0.4) is 0 Å². The molecule has 2 atom stereocenters. The fourth-order valence-electron chi connectivity index (χ4n) is 3.22. The predicted molar refractivity (Wildman–Crippen MR) is 83.5 cm³/mol. The number of hydrogen-bond acceptors (Lipinski definition) is 2. The van der Waals surface area contributed by atoms with Crippen LogP contribution in [0.1, 0.15) is 30.9 Å². The van der Waals surface area contributed by atoms with Crippen LogP contribution >= 0.6 is 0 Å². The maximum absolute atomic E-state index is 11.6. The first-order valence-corrected chi connectivity index (χ1v) is 7.18. The second kappa shape index (κ2) is 5.28. The Hall–Kier alpha value is -2.23. The summed E-state index contributed by atoms with van der Waals surface area (Å²) in [5.74, 6) is 0.168. The van der Waals surface area contributed by atoms with Crippen LogP contribution in [0.15, 0.2) is 36.0 Å². The van der Waals surface area contributed by atoms with Crippen molar-refractivity contribution in [2.75, 3.05) is 7.11 Å². The van der Waals surface area contributed by atoms with Crippen molar-refractivity contribution in [3.63, 3.8) is 0 Å². The number of carbonyl (C=O) groups excluding carboxylic acids is 1. The molecule has 0 fully saturated rings. The summed E-state index contributed by atoms with van der Waals surface area (Å²) in [5.41, 5.74) is 4.91. The minimum absolute atomic E-state index is 0.0150. The van der Waals surface area contributed by atoms with E-state index in [4.69, 9.17) is 4.74 Å². The van der Waals surface area contributed by atoms with Crippen molar-refractivity contribution in [3.05, 3.63) is 47.2 Å². The third-order valence-corrected chi connectivity index (χ3v) is 4.05. The fourth-order valence-corrected chi connectivity index (χ4v) is 3.22. The van der Waals surface area contributed by atoms with Crippen LogP contribution in [0.4, 0.5) is 4.79 Å². The lowest BCUT2D eigenvalue weighted by atomic mass is 9.79. The Bertz CT molecular complexity index is 711. The van der Waals surface area contributed by atoms with Gasteiger partial charge in [-0.2, -0.15) is 0 Å². The highest BCUT2D eigenvalue weighted by Gasteiger charge is 2.31. The molecule has 1 aliphatic carbocycles. The lowest BCUT2D eigenvalue weighted by Gasteiger charge is -2.31. The molecule has 2 N–H and O–H groups in total. The second-order valence-electron chi connectivity index (χ2n) is 5.80. The lowest BCUT2D eigenvalue weighted by Crippen LogP contribution is -2.41. The number of amides is 1. The lowest BCUT2D eigenvalue weighted by molar-refractivity contribution is 0.165. The van der Waals surface area contributed by atoms with Gasteiger partial charge >= 0.3 is 6.09 Å². The molecule has 0 unspecified atom stereocenters. The molecule has 0 aliphatic heterocycles. The number of rotatable bonds is 2. The first kappa shape index (κ1) is 13.7. The summed E-state index contributed by atoms with van der Waals surface area (Å²) >= 11 is 0. The molecule has 0 radical (unpaired) electrons. The van der Waals surface area contributed by atoms with Crippen molar-refractivity contribution in [3.8, 4) is 0 Å². The number of aromatic nitrogens is 1. The molecule has 2 aromatic rings. The number of nitrogens with one attached hydrogen (secondary N) is 2. The van der Waals surface area contributed by atoms with Crippen LogP contribution in [0.25, 0.3) is 10.9 Å². The molecule has 4 heteroatoms. The van der Waals surface area contributed by atoms with Crippen molar-refractivity contribution in [2.45, 2.75) is 32.2 Å². The standard InChI is InChI=1S/C17H20N2O2/c1-10(2)7-13-12-5-4-6-14-16(12)11(9-18-14)8-15(13)19-17(20)21-3/h4-7,9,13,15,18H,8H2,1-3H3,(H,19,20)/t13-,15+/m0/s1. The number of methoxy groups -OCH3 is 1. The van der Waals surface area contributed by atoms with E-state index in [0.717, 1.165) is 11.9 Å². The highest BCUT2D eigenvalue weighted by molar-refractivity contribution is 5.89. The van der Waals surface area contributed by atoms with Crippen LogP contribution in [0, 0.1) is 0 Å². The Labute approximate surface area is 124 Å². The van der Waals surface area contributed by atoms with Gasteiger partial charge in [-0.25, -0.2) is 4.79 Å². The number of H-pyrrole nitrogens is 1. The van der Waals surface area contributed by atoms with Gasteiger partial charge in [-0.05, 0) is 37.5 Å². The van der Waals surface area contributed by atoms with Crippen molar-refractivity contribution < 1.29 is 9.53 Å². The van der Waals surface area contributed by atoms with Gasteiger partial charge in [-0.1, -0.05) is 23.8 Å². The molecule has 1 aromatic carbocycles. The molecular formula is C17H20N2O2. The molecule has 3 rings (SSSR count). The molecule has 0 bridgehead atoms. The Balaban J connectivity index is 2.09. The van der Waals surface area contributed by atoms with Gasteiger partial charge in [0, 0.05) is 29.1 Å². The van der Waals surface area contributed by atoms with Gasteiger partial charge in [0.15, 0.2) is 0 Å². The average Bonchev–Trinajstić information content (AvgIpc) is 2.87. The van der Waals surface area contributed by atoms with Gasteiger partial charge in [-0.15, -0.1) is 0 Å². The van der Waals surface area contributed by atoms with Crippen molar-refractivity contribution in [1.82, 2.24) is 10.3 Å². The number of allylic oxidation sites excluding steroid dienone is 1. The number of alkyl carbamates (subject to hydrolysis) is 1. The molecule has 0 saturated carbocycles. The molecule has 4 nitrogen and oxygen atoms in total. The average molecular weight is 284 g/mol. The summed E-state index contributed by atoms with van der Waals surface area (Å²) in [4.78, 5) is 15.0. The van der Waals surface area contributed by atoms with E-state index in [1.54, 1.807) is 0 Å². The highest BCUT2D eigenvalue weighted by atomic mass is 16.5. The summed E-state index contributed by atoms with van der Waals surface area (Å²) in [6.07, 6.45) is 4.70. The number of carbonyl (C=O) groups is 1. The van der Waals surface area contributed by atoms with Gasteiger partial charge in [0.2, 0.25) is 0 Å². The van der Waals surface area contributed by atoms with E-state index in [1.165, 1.54) is 29.2 Å². The SMILES string of the molecule is COC(=O)N[C@@H]1Cc2c[nH]c3cccc(c23)[C@@H]1C=C(C)C. The van der Waals surface area contributed by atoms with Crippen molar-refractivity contribution in [1.29, 1.82) is 0 Å². The van der Waals surface area contributed by atoms with Gasteiger partial charge in [-0.3, -0.25) is 0 Å². The van der Waals surface area contributed by atoms with Gasteiger partial charge < -0.3 is 15.0 Å². The van der Waals surface area contributed by atoms with Crippen molar-refractivity contribution in [2.24, 2.45) is 0 Å². The second-order valence-corrected chi connectivity index (χ2v) is 5.80. The van der Waals surface area contributed by atoms with E-state index in [9.17, 15) is 4.79 Å². The first-order valence-electron chi connectivity index (χ1n) is 7.18. The summed E-state index contributed by atoms with van der Waals surface area (Å²) < 4.78 is 4.77. The van der Waals surface area contributed by atoms with Crippen LogP contribution in [0.2, 0.25) is 0 Å². The van der Waals surface area contributed by atoms with E-state index >= 15 is 0 Å². The Morgan fingerprint density at radius 2 is 2.24 bits per heavy atom. The smallest absolute Gasteiger partial charge is 0.407 e. The third kappa shape index (κ3) is 2.42. The topological polar surface area (TPSA) is 54.1 Å². The van der Waals surface area contributed by atoms with E-state index < -0.39 is 0 Å². The van der Waals surface area contributed by atoms with E-state index in [0.29, 0.717) is 0 Å². The quantitative estimate of drug-likeness (QED) is 0.829. The Kier molecular flexibility index (Phi) is 3.45. The maximum atomic E-state index is 11.6. The van der Waals surface area contributed by atoms with E-state index in [2.05, 4.69) is 48.4 Å². The van der Waals surface area contributed by atoms with Crippen LogP contribution in [-0.2, 0) is 11.2 Å². The number of benzene rings is 1. The van der Waals surface area contributed by atoms with Gasteiger partial charge in [0.25, 0.3) is 0 Å². The normalized spacial score (nSPS) is 20.1. The predicted octanol–water partition coefficient (Wildman–Crippen LogP) is 3.50. The Morgan fingerprint density at radius 3 is 2.95 bits per heavy atom. The largest absolute Gasteiger partial charge is 0.453 e. The Morgan fingerprint density at radius 1 is 1.43 bits per heavy atom. The van der Waals surface area contributed by atoms with Crippen LogP contribution in [0.5, 0.6) is 0 Å². The first-order chi connectivity index (χ1) is 10.1. The summed E-state index contributed by atoms with van der Waals surface area (Å²) in [5, 5.41) is 4.27. The van der Waals surface area contributed by atoms with E-state index in [-0.39, 0.29) is 18.1 Å². The van der Waals surface area contributed by atoms with Gasteiger partial charge in [0.05, 0.1) is 7.11 Å². The molecule has 1 aromatic heterocycles. The zero-order valence-corrected chi connectivity index (χ0v) is 12.6. The number of hydrogen-bond donors (Lipinski definition) is 2.